The molecule has 1 heterocycles. The number of para-hydroxylation sites is 1. The van der Waals surface area contributed by atoms with Gasteiger partial charge >= 0.3 is 6.18 Å². The van der Waals surface area contributed by atoms with Gasteiger partial charge in [0.1, 0.15) is 0 Å². The van der Waals surface area contributed by atoms with E-state index in [1.165, 1.54) is 24.1 Å². The molecule has 1 fully saturated rings. The van der Waals surface area contributed by atoms with Gasteiger partial charge in [-0.05, 0) is 25.6 Å². The molecule has 0 saturated carbocycles. The third-order valence-electron chi connectivity index (χ3n) is 3.93. The molecule has 1 aromatic rings. The van der Waals surface area contributed by atoms with Crippen molar-refractivity contribution in [3.8, 4) is 0 Å². The van der Waals surface area contributed by atoms with Crippen molar-refractivity contribution in [1.82, 2.24) is 10.2 Å². The van der Waals surface area contributed by atoms with Crippen LogP contribution in [0.3, 0.4) is 0 Å². The number of halogens is 3. The number of anilines is 1. The minimum Gasteiger partial charge on any atom is -0.351 e. The van der Waals surface area contributed by atoms with Gasteiger partial charge in [-0.1, -0.05) is 12.1 Å². The fraction of sp³-hybridized carbons (Fsp3) is 0.500. The summed E-state index contributed by atoms with van der Waals surface area (Å²) in [6.07, 6.45) is -4.26. The van der Waals surface area contributed by atoms with Gasteiger partial charge < -0.3 is 10.6 Å². The Balaban J connectivity index is 1.85. The van der Waals surface area contributed by atoms with Gasteiger partial charge in [0.2, 0.25) is 11.8 Å². The molecule has 1 aliphatic rings. The highest BCUT2D eigenvalue weighted by Gasteiger charge is 2.33. The quantitative estimate of drug-likeness (QED) is 0.730. The first-order valence-electron chi connectivity index (χ1n) is 8.11. The summed E-state index contributed by atoms with van der Waals surface area (Å²) in [6.45, 7) is -0.493. The summed E-state index contributed by atoms with van der Waals surface area (Å²) in [5, 5.41) is 4.77. The van der Waals surface area contributed by atoms with Crippen molar-refractivity contribution in [3.05, 3.63) is 29.8 Å². The van der Waals surface area contributed by atoms with Crippen LogP contribution in [0.25, 0.3) is 0 Å². The highest BCUT2D eigenvalue weighted by molar-refractivity contribution is 7.91. The standard InChI is InChI=1S/C16H20F3N3O4S/c1-22(8-14(23)20-11-6-7-27(25,26)10-11)9-15(24)21-13-5-3-2-4-12(13)16(17,18)19/h2-5,11H,6-10H2,1H3,(H,20,23)(H,21,24)/t11-/m0/s1. The number of nitrogens with one attached hydrogen (secondary N) is 2. The van der Waals surface area contributed by atoms with E-state index in [1.807, 2.05) is 0 Å². The van der Waals surface area contributed by atoms with E-state index in [1.54, 1.807) is 0 Å². The van der Waals surface area contributed by atoms with Gasteiger partial charge in [-0.2, -0.15) is 13.2 Å². The summed E-state index contributed by atoms with van der Waals surface area (Å²) in [6, 6.07) is 4.15. The topological polar surface area (TPSA) is 95.6 Å². The van der Waals surface area contributed by atoms with Gasteiger partial charge in [-0.15, -0.1) is 0 Å². The van der Waals surface area contributed by atoms with Gasteiger partial charge in [0.25, 0.3) is 0 Å². The van der Waals surface area contributed by atoms with Crippen LogP contribution in [-0.4, -0.2) is 62.8 Å². The maximum atomic E-state index is 12.9. The highest BCUT2D eigenvalue weighted by Crippen LogP contribution is 2.34. The Morgan fingerprint density at radius 2 is 1.81 bits per heavy atom. The smallest absolute Gasteiger partial charge is 0.351 e. The monoisotopic (exact) mass is 407 g/mol. The number of hydrogen-bond acceptors (Lipinski definition) is 5. The number of carbonyl (C=O) groups excluding carboxylic acids is 2. The van der Waals surface area contributed by atoms with E-state index in [0.29, 0.717) is 6.42 Å². The van der Waals surface area contributed by atoms with Crippen LogP contribution in [-0.2, 0) is 25.6 Å². The van der Waals surface area contributed by atoms with E-state index in [4.69, 9.17) is 0 Å². The largest absolute Gasteiger partial charge is 0.418 e. The first-order chi connectivity index (χ1) is 12.5. The zero-order valence-electron chi connectivity index (χ0n) is 14.5. The number of alkyl halides is 3. The van der Waals surface area contributed by atoms with Gasteiger partial charge in [0.05, 0.1) is 35.8 Å². The fourth-order valence-corrected chi connectivity index (χ4v) is 4.43. The third-order valence-corrected chi connectivity index (χ3v) is 5.70. The molecular formula is C16H20F3N3O4S. The second-order valence-electron chi connectivity index (χ2n) is 6.43. The van der Waals surface area contributed by atoms with Gasteiger partial charge in [0.15, 0.2) is 9.84 Å². The molecule has 0 unspecified atom stereocenters. The summed E-state index contributed by atoms with van der Waals surface area (Å²) in [5.74, 6) is -1.25. The van der Waals surface area contributed by atoms with Gasteiger partial charge in [0, 0.05) is 6.04 Å². The van der Waals surface area contributed by atoms with Crippen molar-refractivity contribution in [2.75, 3.05) is 37.0 Å². The second kappa shape index (κ2) is 8.26. The van der Waals surface area contributed by atoms with Crippen LogP contribution in [0.15, 0.2) is 24.3 Å². The van der Waals surface area contributed by atoms with Gasteiger partial charge in [-0.3, -0.25) is 14.5 Å². The van der Waals surface area contributed by atoms with E-state index < -0.39 is 39.4 Å². The Kier molecular flexibility index (Phi) is 6.47. The van der Waals surface area contributed by atoms with Crippen molar-refractivity contribution in [1.29, 1.82) is 0 Å². The Bertz CT molecular complexity index is 811. The van der Waals surface area contributed by atoms with E-state index in [-0.39, 0.29) is 30.3 Å². The normalized spacial score (nSPS) is 19.1. The van der Waals surface area contributed by atoms with Crippen LogP contribution in [0.1, 0.15) is 12.0 Å². The molecule has 7 nitrogen and oxygen atoms in total. The molecule has 0 spiro atoms. The molecule has 2 amide bonds. The first-order valence-corrected chi connectivity index (χ1v) is 9.93. The molecule has 0 aliphatic carbocycles. The van der Waals surface area contributed by atoms with Crippen LogP contribution in [0.4, 0.5) is 18.9 Å². The lowest BCUT2D eigenvalue weighted by molar-refractivity contribution is -0.137. The van der Waals surface area contributed by atoms with E-state index in [9.17, 15) is 31.2 Å². The van der Waals surface area contributed by atoms with E-state index in [0.717, 1.165) is 12.1 Å². The third kappa shape index (κ3) is 6.51. The summed E-state index contributed by atoms with van der Waals surface area (Å²) >= 11 is 0. The van der Waals surface area contributed by atoms with Crippen LogP contribution in [0.5, 0.6) is 0 Å². The second-order valence-corrected chi connectivity index (χ2v) is 8.66. The lowest BCUT2D eigenvalue weighted by Crippen LogP contribution is -2.43. The summed E-state index contributed by atoms with van der Waals surface area (Å²) in [4.78, 5) is 25.2. The van der Waals surface area contributed by atoms with Crippen LogP contribution < -0.4 is 10.6 Å². The number of benzene rings is 1. The lowest BCUT2D eigenvalue weighted by Gasteiger charge is -2.19. The summed E-state index contributed by atoms with van der Waals surface area (Å²) in [5.41, 5.74) is -1.31. The number of nitrogens with zero attached hydrogens (tertiary/aromatic N) is 1. The average molecular weight is 407 g/mol. The maximum absolute atomic E-state index is 12.9. The maximum Gasteiger partial charge on any atom is 0.418 e. The minimum absolute atomic E-state index is 0.0226. The van der Waals surface area contributed by atoms with Crippen LogP contribution in [0, 0.1) is 0 Å². The molecule has 27 heavy (non-hydrogen) atoms. The number of sulfone groups is 1. The van der Waals surface area contributed by atoms with Crippen molar-refractivity contribution >= 4 is 27.3 Å². The number of hydrogen-bond donors (Lipinski definition) is 2. The predicted molar refractivity (Wildman–Crippen MR) is 92.8 cm³/mol. The van der Waals surface area contributed by atoms with Crippen LogP contribution in [0.2, 0.25) is 0 Å². The number of carbonyl (C=O) groups is 2. The molecule has 150 valence electrons. The zero-order chi connectivity index (χ0) is 20.2. The predicted octanol–water partition coefficient (Wildman–Crippen LogP) is 0.879. The van der Waals surface area contributed by atoms with Crippen LogP contribution >= 0.6 is 0 Å². The molecule has 2 rings (SSSR count). The highest BCUT2D eigenvalue weighted by atomic mass is 32.2. The molecule has 1 saturated heterocycles. The number of rotatable bonds is 6. The van der Waals surface area contributed by atoms with Crippen molar-refractivity contribution in [2.45, 2.75) is 18.6 Å². The van der Waals surface area contributed by atoms with Crippen molar-refractivity contribution in [2.24, 2.45) is 0 Å². The Morgan fingerprint density at radius 3 is 2.41 bits per heavy atom. The zero-order valence-corrected chi connectivity index (χ0v) is 15.4. The average Bonchev–Trinajstić information content (AvgIpc) is 2.84. The molecule has 1 aromatic carbocycles. The Morgan fingerprint density at radius 1 is 1.19 bits per heavy atom. The number of amides is 2. The van der Waals surface area contributed by atoms with Crippen molar-refractivity contribution < 1.29 is 31.2 Å². The Hall–Kier alpha value is -2.14. The molecule has 2 N–H and O–H groups in total. The molecule has 1 atom stereocenters. The van der Waals surface area contributed by atoms with E-state index >= 15 is 0 Å². The van der Waals surface area contributed by atoms with E-state index in [2.05, 4.69) is 10.6 Å². The van der Waals surface area contributed by atoms with Crippen molar-refractivity contribution in [3.63, 3.8) is 0 Å². The summed E-state index contributed by atoms with van der Waals surface area (Å²) in [7, 11) is -1.67. The van der Waals surface area contributed by atoms with Gasteiger partial charge in [-0.25, -0.2) is 8.42 Å². The molecule has 0 aromatic heterocycles. The fourth-order valence-electron chi connectivity index (χ4n) is 2.76. The number of likely N-dealkylation sites (N-methyl/N-ethyl adjacent to an activating group) is 1. The molecular weight excluding hydrogens is 387 g/mol. The summed E-state index contributed by atoms with van der Waals surface area (Å²) < 4.78 is 61.5. The Labute approximate surface area is 154 Å². The minimum atomic E-state index is -4.60. The SMILES string of the molecule is CN(CC(=O)Nc1ccccc1C(F)(F)F)CC(=O)N[C@H]1CCS(=O)(=O)C1. The first kappa shape index (κ1) is 21.2. The molecule has 11 heteroatoms. The lowest BCUT2D eigenvalue weighted by atomic mass is 10.1. The molecule has 0 bridgehead atoms. The molecule has 1 aliphatic heterocycles. The molecule has 0 radical (unpaired) electrons.